The minimum Gasteiger partial charge on any atom is -0.495 e. The van der Waals surface area contributed by atoms with Crippen molar-refractivity contribution >= 4 is 28.9 Å². The van der Waals surface area contributed by atoms with E-state index in [1.54, 1.807) is 18.7 Å². The molecule has 3 N–H and O–H groups in total. The fourth-order valence-electron chi connectivity index (χ4n) is 3.14. The van der Waals surface area contributed by atoms with Crippen LogP contribution in [0.1, 0.15) is 22.8 Å². The second kappa shape index (κ2) is 7.35. The van der Waals surface area contributed by atoms with Crippen molar-refractivity contribution in [3.8, 4) is 5.75 Å². The molecule has 146 valence electrons. The molecule has 1 aliphatic heterocycles. The monoisotopic (exact) mass is 382 g/mol. The van der Waals surface area contributed by atoms with Crippen LogP contribution in [-0.2, 0) is 11.3 Å². The van der Waals surface area contributed by atoms with Gasteiger partial charge >= 0.3 is 0 Å². The number of carbonyl (C=O) groups excluding carboxylic acids is 1. The Morgan fingerprint density at radius 3 is 3.00 bits per heavy atom. The van der Waals surface area contributed by atoms with Crippen molar-refractivity contribution < 1.29 is 14.3 Å². The van der Waals surface area contributed by atoms with Crippen LogP contribution in [0.3, 0.4) is 0 Å². The summed E-state index contributed by atoms with van der Waals surface area (Å²) in [6.45, 7) is 2.71. The van der Waals surface area contributed by atoms with E-state index in [0.717, 1.165) is 11.3 Å². The minimum atomic E-state index is -0.244. The van der Waals surface area contributed by atoms with E-state index in [9.17, 15) is 4.79 Å². The maximum atomic E-state index is 12.7. The summed E-state index contributed by atoms with van der Waals surface area (Å²) < 4.78 is 12.8. The van der Waals surface area contributed by atoms with E-state index in [0.29, 0.717) is 41.8 Å². The van der Waals surface area contributed by atoms with Crippen molar-refractivity contribution in [3.05, 3.63) is 41.6 Å². The molecule has 28 heavy (non-hydrogen) atoms. The number of ether oxygens (including phenoxy) is 2. The number of methoxy groups -OCH3 is 1. The van der Waals surface area contributed by atoms with Crippen LogP contribution >= 0.6 is 0 Å². The number of hydrogen-bond acceptors (Lipinski definition) is 7. The largest absolute Gasteiger partial charge is 0.495 e. The van der Waals surface area contributed by atoms with Crippen molar-refractivity contribution in [2.75, 3.05) is 31.4 Å². The Balaban J connectivity index is 1.88. The van der Waals surface area contributed by atoms with Gasteiger partial charge < -0.3 is 25.4 Å². The lowest BCUT2D eigenvalue weighted by molar-refractivity contribution is 0.0821. The molecule has 4 bridgehead atoms. The van der Waals surface area contributed by atoms with Crippen molar-refractivity contribution in [2.45, 2.75) is 19.6 Å². The number of anilines is 3. The van der Waals surface area contributed by atoms with Crippen LogP contribution in [0.5, 0.6) is 5.75 Å². The van der Waals surface area contributed by atoms with Gasteiger partial charge in [0, 0.05) is 19.2 Å². The van der Waals surface area contributed by atoms with Crippen molar-refractivity contribution in [2.24, 2.45) is 0 Å². The molecule has 1 amide bonds. The zero-order chi connectivity index (χ0) is 19.7. The van der Waals surface area contributed by atoms with Crippen molar-refractivity contribution in [1.29, 1.82) is 0 Å². The molecule has 4 rings (SSSR count). The normalized spacial score (nSPS) is 17.0. The van der Waals surface area contributed by atoms with E-state index in [4.69, 9.17) is 9.47 Å². The third-order valence-corrected chi connectivity index (χ3v) is 4.51. The fourth-order valence-corrected chi connectivity index (χ4v) is 3.14. The van der Waals surface area contributed by atoms with Crippen LogP contribution in [0.25, 0.3) is 5.65 Å². The predicted molar refractivity (Wildman–Crippen MR) is 105 cm³/mol. The Kier molecular flexibility index (Phi) is 4.74. The molecule has 3 aromatic rings. The Hall–Kier alpha value is -3.33. The van der Waals surface area contributed by atoms with Gasteiger partial charge in [0.15, 0.2) is 5.65 Å². The maximum Gasteiger partial charge on any atom is 0.257 e. The Bertz CT molecular complexity index is 1030. The summed E-state index contributed by atoms with van der Waals surface area (Å²) in [6.07, 6.45) is 1.52. The van der Waals surface area contributed by atoms with E-state index in [1.165, 1.54) is 6.20 Å². The van der Waals surface area contributed by atoms with Crippen LogP contribution in [-0.4, -0.2) is 47.3 Å². The Labute approximate surface area is 162 Å². The van der Waals surface area contributed by atoms with Gasteiger partial charge in [0.05, 0.1) is 32.2 Å². The van der Waals surface area contributed by atoms with E-state index in [2.05, 4.69) is 26.0 Å². The number of aromatic nitrogens is 3. The van der Waals surface area contributed by atoms with Gasteiger partial charge in [-0.15, -0.1) is 0 Å². The number of rotatable bonds is 2. The third-order valence-electron chi connectivity index (χ3n) is 4.51. The molecular weight excluding hydrogens is 360 g/mol. The van der Waals surface area contributed by atoms with E-state index in [-0.39, 0.29) is 11.9 Å². The van der Waals surface area contributed by atoms with Gasteiger partial charge in [0.1, 0.15) is 22.9 Å². The smallest absolute Gasteiger partial charge is 0.257 e. The molecule has 0 radical (unpaired) electrons. The van der Waals surface area contributed by atoms with Crippen LogP contribution in [0.2, 0.25) is 0 Å². The van der Waals surface area contributed by atoms with E-state index < -0.39 is 0 Å². The summed E-state index contributed by atoms with van der Waals surface area (Å²) in [6, 6.07) is 7.46. The number of benzene rings is 1. The molecule has 1 aliphatic rings. The molecule has 0 fully saturated rings. The molecule has 2 aromatic heterocycles. The fraction of sp³-hybridized carbons (Fsp3) is 0.316. The van der Waals surface area contributed by atoms with Gasteiger partial charge in [0.2, 0.25) is 0 Å². The minimum absolute atomic E-state index is 0.159. The van der Waals surface area contributed by atoms with Crippen molar-refractivity contribution in [1.82, 2.24) is 19.9 Å². The Morgan fingerprint density at radius 2 is 2.21 bits per heavy atom. The molecule has 1 atom stereocenters. The lowest BCUT2D eigenvalue weighted by Crippen LogP contribution is -2.35. The highest BCUT2D eigenvalue weighted by atomic mass is 16.5. The molecule has 0 unspecified atom stereocenters. The lowest BCUT2D eigenvalue weighted by atomic mass is 10.2. The standard InChI is InChI=1S/C19H22N6O3/c1-11-9-28-10-12-4-5-15(27-3)14(6-12)23-16-7-17(20-2)25-18(24-16)13(8-21-25)19(26)22-11/h4-8,11,20H,9-10H2,1-3H3,(H,22,26)(H,23,24)/t11-/m1/s1. The van der Waals surface area contributed by atoms with Crippen molar-refractivity contribution in [3.63, 3.8) is 0 Å². The first kappa shape index (κ1) is 18.1. The first-order valence-corrected chi connectivity index (χ1v) is 8.98. The molecule has 0 spiro atoms. The summed E-state index contributed by atoms with van der Waals surface area (Å²) in [5.74, 6) is 1.70. The molecule has 1 aromatic carbocycles. The number of nitrogens with zero attached hydrogens (tertiary/aromatic N) is 3. The molecule has 3 heterocycles. The number of nitrogens with one attached hydrogen (secondary N) is 3. The van der Waals surface area contributed by atoms with Crippen LogP contribution in [0.15, 0.2) is 30.5 Å². The molecule has 0 aliphatic carbocycles. The van der Waals surface area contributed by atoms with Crippen LogP contribution in [0.4, 0.5) is 17.3 Å². The Morgan fingerprint density at radius 1 is 1.36 bits per heavy atom. The highest BCUT2D eigenvalue weighted by Gasteiger charge is 2.19. The molecule has 9 heteroatoms. The number of hydrogen-bond donors (Lipinski definition) is 3. The topological polar surface area (TPSA) is 102 Å². The molecular formula is C19H22N6O3. The van der Waals surface area contributed by atoms with Gasteiger partial charge in [-0.25, -0.2) is 4.98 Å². The van der Waals surface area contributed by atoms with Gasteiger partial charge in [0.25, 0.3) is 5.91 Å². The first-order valence-electron chi connectivity index (χ1n) is 8.98. The van der Waals surface area contributed by atoms with Gasteiger partial charge in [-0.3, -0.25) is 4.79 Å². The average molecular weight is 382 g/mol. The third kappa shape index (κ3) is 3.31. The zero-order valence-electron chi connectivity index (χ0n) is 15.9. The highest BCUT2D eigenvalue weighted by molar-refractivity contribution is 6.00. The van der Waals surface area contributed by atoms with Gasteiger partial charge in [-0.1, -0.05) is 6.07 Å². The number of fused-ring (bicyclic) bond motifs is 3. The number of carbonyl (C=O) groups is 1. The summed E-state index contributed by atoms with van der Waals surface area (Å²) in [5.41, 5.74) is 2.59. The molecule has 0 saturated carbocycles. The SMILES string of the molecule is CNc1cc2nc3c(cnn13)C(=O)N[C@H](C)COCc1ccc(OC)c(c1)N2. The quantitative estimate of drug-likeness (QED) is 0.624. The summed E-state index contributed by atoms with van der Waals surface area (Å²) in [5, 5.41) is 13.6. The first-order chi connectivity index (χ1) is 13.6. The van der Waals surface area contributed by atoms with E-state index in [1.807, 2.05) is 31.2 Å². The van der Waals surface area contributed by atoms with Gasteiger partial charge in [-0.2, -0.15) is 9.61 Å². The van der Waals surface area contributed by atoms with E-state index >= 15 is 0 Å². The predicted octanol–water partition coefficient (Wildman–Crippen LogP) is 2.17. The lowest BCUT2D eigenvalue weighted by Gasteiger charge is -2.17. The van der Waals surface area contributed by atoms with Crippen LogP contribution < -0.4 is 20.7 Å². The summed E-state index contributed by atoms with van der Waals surface area (Å²) in [4.78, 5) is 17.3. The summed E-state index contributed by atoms with van der Waals surface area (Å²) >= 11 is 0. The van der Waals surface area contributed by atoms with Crippen LogP contribution in [0, 0.1) is 0 Å². The van der Waals surface area contributed by atoms with Gasteiger partial charge in [-0.05, 0) is 24.6 Å². The summed E-state index contributed by atoms with van der Waals surface area (Å²) in [7, 11) is 3.41. The second-order valence-corrected chi connectivity index (χ2v) is 6.62. The average Bonchev–Trinajstić information content (AvgIpc) is 3.11. The number of amides is 1. The molecule has 9 nitrogen and oxygen atoms in total. The second-order valence-electron chi connectivity index (χ2n) is 6.62. The molecule has 0 saturated heterocycles. The maximum absolute atomic E-state index is 12.7. The highest BCUT2D eigenvalue weighted by Crippen LogP contribution is 2.30. The zero-order valence-corrected chi connectivity index (χ0v) is 15.9.